The minimum absolute atomic E-state index is 0. The van der Waals surface area contributed by atoms with Gasteiger partial charge in [-0.2, -0.15) is 0 Å². The SMILES string of the molecule is CCNC(=NCc1ccc(-c2ccc(OC)cc2)s1)N1CCC(CC(=O)NC)CC1.I. The molecule has 3 rings (SSSR count). The summed E-state index contributed by atoms with van der Waals surface area (Å²) in [6.45, 7) is 5.49. The van der Waals surface area contributed by atoms with Gasteiger partial charge in [0.05, 0.1) is 13.7 Å². The van der Waals surface area contributed by atoms with Crippen molar-refractivity contribution in [3.05, 3.63) is 41.3 Å². The first-order valence-electron chi connectivity index (χ1n) is 10.6. The summed E-state index contributed by atoms with van der Waals surface area (Å²) in [6, 6.07) is 12.5. The molecule has 0 atom stereocenters. The number of benzene rings is 1. The van der Waals surface area contributed by atoms with Crippen molar-refractivity contribution in [1.29, 1.82) is 0 Å². The molecular formula is C23H33IN4O2S. The van der Waals surface area contributed by atoms with Crippen molar-refractivity contribution in [2.45, 2.75) is 32.7 Å². The lowest BCUT2D eigenvalue weighted by Crippen LogP contribution is -2.46. The van der Waals surface area contributed by atoms with Crippen LogP contribution in [0.2, 0.25) is 0 Å². The molecule has 0 radical (unpaired) electrons. The first kappa shape index (κ1) is 25.5. The first-order chi connectivity index (χ1) is 14.6. The van der Waals surface area contributed by atoms with Crippen LogP contribution in [0.3, 0.4) is 0 Å². The molecule has 8 heteroatoms. The van der Waals surface area contributed by atoms with Gasteiger partial charge >= 0.3 is 0 Å². The summed E-state index contributed by atoms with van der Waals surface area (Å²) in [5, 5.41) is 6.16. The fraction of sp³-hybridized carbons (Fsp3) is 0.478. The third kappa shape index (κ3) is 7.38. The molecular weight excluding hydrogens is 523 g/mol. The summed E-state index contributed by atoms with van der Waals surface area (Å²) in [5.41, 5.74) is 1.20. The second-order valence-electron chi connectivity index (χ2n) is 7.47. The zero-order chi connectivity index (χ0) is 21.3. The van der Waals surface area contributed by atoms with E-state index in [1.807, 2.05) is 12.1 Å². The summed E-state index contributed by atoms with van der Waals surface area (Å²) >= 11 is 1.78. The lowest BCUT2D eigenvalue weighted by atomic mass is 9.93. The Balaban J connectivity index is 0.00000341. The number of halogens is 1. The maximum absolute atomic E-state index is 11.6. The molecule has 1 fully saturated rings. The largest absolute Gasteiger partial charge is 0.497 e. The Morgan fingerprint density at radius 3 is 2.52 bits per heavy atom. The molecule has 0 bridgehead atoms. The molecule has 170 valence electrons. The fourth-order valence-electron chi connectivity index (χ4n) is 3.67. The summed E-state index contributed by atoms with van der Waals surface area (Å²) in [7, 11) is 3.39. The number of guanidine groups is 1. The number of methoxy groups -OCH3 is 1. The van der Waals surface area contributed by atoms with Gasteiger partial charge in [0.15, 0.2) is 5.96 Å². The van der Waals surface area contributed by atoms with E-state index in [9.17, 15) is 4.79 Å². The zero-order valence-corrected chi connectivity index (χ0v) is 21.7. The van der Waals surface area contributed by atoms with E-state index in [0.717, 1.165) is 44.2 Å². The number of carbonyl (C=O) groups is 1. The van der Waals surface area contributed by atoms with Gasteiger partial charge in [-0.05, 0) is 67.6 Å². The molecule has 1 aromatic carbocycles. The number of rotatable bonds is 7. The van der Waals surface area contributed by atoms with Crippen LogP contribution in [0, 0.1) is 5.92 Å². The van der Waals surface area contributed by atoms with Crippen LogP contribution in [0.25, 0.3) is 10.4 Å². The van der Waals surface area contributed by atoms with Crippen LogP contribution >= 0.6 is 35.3 Å². The highest BCUT2D eigenvalue weighted by atomic mass is 127. The van der Waals surface area contributed by atoms with Crippen LogP contribution in [0.5, 0.6) is 5.75 Å². The van der Waals surface area contributed by atoms with E-state index in [4.69, 9.17) is 9.73 Å². The van der Waals surface area contributed by atoms with E-state index in [1.165, 1.54) is 15.3 Å². The Labute approximate surface area is 206 Å². The maximum Gasteiger partial charge on any atom is 0.220 e. The van der Waals surface area contributed by atoms with Crippen molar-refractivity contribution in [3.63, 3.8) is 0 Å². The Morgan fingerprint density at radius 1 is 1.19 bits per heavy atom. The molecule has 0 spiro atoms. The van der Waals surface area contributed by atoms with E-state index in [-0.39, 0.29) is 29.9 Å². The van der Waals surface area contributed by atoms with Gasteiger partial charge < -0.3 is 20.3 Å². The molecule has 6 nitrogen and oxygen atoms in total. The molecule has 0 saturated carbocycles. The quantitative estimate of drug-likeness (QED) is 0.303. The van der Waals surface area contributed by atoms with Crippen molar-refractivity contribution in [1.82, 2.24) is 15.5 Å². The minimum Gasteiger partial charge on any atom is -0.497 e. The Kier molecular flexibility index (Phi) is 10.6. The minimum atomic E-state index is 0. The lowest BCUT2D eigenvalue weighted by molar-refractivity contribution is -0.121. The topological polar surface area (TPSA) is 66.0 Å². The second-order valence-corrected chi connectivity index (χ2v) is 8.64. The van der Waals surface area contributed by atoms with Gasteiger partial charge in [-0.1, -0.05) is 0 Å². The van der Waals surface area contributed by atoms with Gasteiger partial charge in [-0.3, -0.25) is 4.79 Å². The highest BCUT2D eigenvalue weighted by Crippen LogP contribution is 2.30. The second kappa shape index (κ2) is 12.9. The number of amides is 1. The number of thiophene rings is 1. The van der Waals surface area contributed by atoms with Crippen LogP contribution in [-0.2, 0) is 11.3 Å². The Bertz CT molecular complexity index is 846. The third-order valence-corrected chi connectivity index (χ3v) is 6.54. The van der Waals surface area contributed by atoms with Crippen molar-refractivity contribution in [2.24, 2.45) is 10.9 Å². The molecule has 2 heterocycles. The monoisotopic (exact) mass is 556 g/mol. The van der Waals surface area contributed by atoms with Crippen LogP contribution in [0.15, 0.2) is 41.4 Å². The average Bonchev–Trinajstić information content (AvgIpc) is 3.26. The summed E-state index contributed by atoms with van der Waals surface area (Å²) in [5.74, 6) is 2.44. The zero-order valence-electron chi connectivity index (χ0n) is 18.5. The molecule has 1 aliphatic heterocycles. The molecule has 1 amide bonds. The van der Waals surface area contributed by atoms with Crippen molar-refractivity contribution in [3.8, 4) is 16.2 Å². The molecule has 0 aliphatic carbocycles. The number of hydrogen-bond donors (Lipinski definition) is 2. The highest BCUT2D eigenvalue weighted by Gasteiger charge is 2.23. The lowest BCUT2D eigenvalue weighted by Gasteiger charge is -2.34. The third-order valence-electron chi connectivity index (χ3n) is 5.42. The molecule has 31 heavy (non-hydrogen) atoms. The molecule has 2 aromatic rings. The van der Waals surface area contributed by atoms with Crippen molar-refractivity contribution < 1.29 is 9.53 Å². The number of likely N-dealkylation sites (tertiary alicyclic amines) is 1. The van der Waals surface area contributed by atoms with E-state index in [2.05, 4.69) is 46.7 Å². The molecule has 1 aliphatic rings. The fourth-order valence-corrected chi connectivity index (χ4v) is 4.60. The number of ether oxygens (including phenoxy) is 1. The van der Waals surface area contributed by atoms with Crippen molar-refractivity contribution >= 4 is 47.2 Å². The first-order valence-corrected chi connectivity index (χ1v) is 11.4. The molecule has 2 N–H and O–H groups in total. The van der Waals surface area contributed by atoms with E-state index in [0.29, 0.717) is 18.9 Å². The molecule has 1 aromatic heterocycles. The van der Waals surface area contributed by atoms with Crippen LogP contribution < -0.4 is 15.4 Å². The Hall–Kier alpha value is -1.81. The normalized spacial score (nSPS) is 14.7. The van der Waals surface area contributed by atoms with Crippen LogP contribution in [0.1, 0.15) is 31.1 Å². The number of hydrogen-bond acceptors (Lipinski definition) is 4. The predicted octanol–water partition coefficient (Wildman–Crippen LogP) is 4.36. The number of carbonyl (C=O) groups excluding carboxylic acids is 1. The average molecular weight is 557 g/mol. The standard InChI is InChI=1S/C23H32N4O2S.HI/c1-4-25-23(27-13-11-17(12-14-27)15-22(28)24-2)26-16-20-9-10-21(30-20)18-5-7-19(29-3)8-6-18;/h5-10,17H,4,11-16H2,1-3H3,(H,24,28)(H,25,26);1H. The van der Waals surface area contributed by atoms with Gasteiger partial charge in [0.2, 0.25) is 5.91 Å². The van der Waals surface area contributed by atoms with Gasteiger partial charge in [0.1, 0.15) is 5.75 Å². The van der Waals surface area contributed by atoms with Gasteiger partial charge in [0, 0.05) is 42.9 Å². The van der Waals surface area contributed by atoms with Crippen molar-refractivity contribution in [2.75, 3.05) is 33.8 Å². The number of aliphatic imine (C=N–C) groups is 1. The summed E-state index contributed by atoms with van der Waals surface area (Å²) < 4.78 is 5.24. The number of nitrogens with one attached hydrogen (secondary N) is 2. The Morgan fingerprint density at radius 2 is 1.90 bits per heavy atom. The van der Waals surface area contributed by atoms with E-state index >= 15 is 0 Å². The number of piperidine rings is 1. The van der Waals surface area contributed by atoms with E-state index in [1.54, 1.807) is 25.5 Å². The van der Waals surface area contributed by atoms with Crippen LogP contribution in [0.4, 0.5) is 0 Å². The van der Waals surface area contributed by atoms with Gasteiger partial charge in [-0.25, -0.2) is 4.99 Å². The van der Waals surface area contributed by atoms with E-state index < -0.39 is 0 Å². The summed E-state index contributed by atoms with van der Waals surface area (Å²) in [6.07, 6.45) is 2.68. The van der Waals surface area contributed by atoms with Gasteiger partial charge in [0.25, 0.3) is 0 Å². The van der Waals surface area contributed by atoms with Gasteiger partial charge in [-0.15, -0.1) is 35.3 Å². The highest BCUT2D eigenvalue weighted by molar-refractivity contribution is 14.0. The van der Waals surface area contributed by atoms with Crippen LogP contribution in [-0.4, -0.2) is 50.6 Å². The summed E-state index contributed by atoms with van der Waals surface area (Å²) in [4.78, 5) is 21.3. The smallest absolute Gasteiger partial charge is 0.220 e. The molecule has 0 unspecified atom stereocenters. The molecule has 1 saturated heterocycles. The maximum atomic E-state index is 11.6. The predicted molar refractivity (Wildman–Crippen MR) is 140 cm³/mol. The number of nitrogens with zero attached hydrogens (tertiary/aromatic N) is 2.